The molecule has 2 fully saturated rings. The van der Waals surface area contributed by atoms with Crippen LogP contribution in [0.25, 0.3) is 0 Å². The highest BCUT2D eigenvalue weighted by Crippen LogP contribution is 2.53. The monoisotopic (exact) mass is 348 g/mol. The molecule has 1 aliphatic heterocycles. The number of hydrogen-bond donors (Lipinski definition) is 0. The van der Waals surface area contributed by atoms with E-state index < -0.39 is 0 Å². The highest BCUT2D eigenvalue weighted by atomic mass is 32.1. The van der Waals surface area contributed by atoms with E-state index in [0.29, 0.717) is 5.91 Å². The van der Waals surface area contributed by atoms with E-state index in [9.17, 15) is 4.79 Å². The smallest absolute Gasteiger partial charge is 0.223 e. The van der Waals surface area contributed by atoms with Crippen molar-refractivity contribution in [1.82, 2.24) is 9.80 Å². The van der Waals surface area contributed by atoms with E-state index in [1.807, 2.05) is 11.3 Å². The standard InChI is InChI=1S/C20H32N2OS/c1-5-6-13-22-15-19(14-18(22)23)9-11-20(12-10-19,21(3)4)17-8-7-16(2)24-17/h7-8H,5-6,9-15H2,1-4H3. The van der Waals surface area contributed by atoms with Gasteiger partial charge in [0.1, 0.15) is 0 Å². The van der Waals surface area contributed by atoms with Crippen molar-refractivity contribution in [3.63, 3.8) is 0 Å². The van der Waals surface area contributed by atoms with E-state index in [1.165, 1.54) is 35.4 Å². The average Bonchev–Trinajstić information content (AvgIpc) is 3.11. The number of nitrogens with zero attached hydrogens (tertiary/aromatic N) is 2. The van der Waals surface area contributed by atoms with E-state index in [1.54, 1.807) is 0 Å². The van der Waals surface area contributed by atoms with Crippen molar-refractivity contribution in [2.45, 2.75) is 64.3 Å². The lowest BCUT2D eigenvalue weighted by Gasteiger charge is -2.48. The molecule has 1 aromatic heterocycles. The van der Waals surface area contributed by atoms with E-state index in [2.05, 4.69) is 49.9 Å². The van der Waals surface area contributed by atoms with Crippen LogP contribution in [0, 0.1) is 12.3 Å². The predicted octanol–water partition coefficient (Wildman–Crippen LogP) is 4.41. The molecule has 4 heteroatoms. The van der Waals surface area contributed by atoms with Crippen LogP contribution in [0.4, 0.5) is 0 Å². The minimum atomic E-state index is 0.171. The summed E-state index contributed by atoms with van der Waals surface area (Å²) in [5.74, 6) is 0.396. The number of hydrogen-bond acceptors (Lipinski definition) is 3. The number of aryl methyl sites for hydroxylation is 1. The Morgan fingerprint density at radius 2 is 1.92 bits per heavy atom. The molecule has 1 aliphatic carbocycles. The Kier molecular flexibility index (Phi) is 5.08. The van der Waals surface area contributed by atoms with Crippen molar-refractivity contribution in [1.29, 1.82) is 0 Å². The summed E-state index contributed by atoms with van der Waals surface area (Å²) in [5.41, 5.74) is 0.417. The van der Waals surface area contributed by atoms with Crippen LogP contribution in [0.3, 0.4) is 0 Å². The number of unbranched alkanes of at least 4 members (excludes halogenated alkanes) is 1. The maximum atomic E-state index is 12.4. The molecule has 0 unspecified atom stereocenters. The fourth-order valence-electron chi connectivity index (χ4n) is 4.66. The molecule has 2 aliphatic rings. The Morgan fingerprint density at radius 1 is 1.21 bits per heavy atom. The third-order valence-electron chi connectivity index (χ3n) is 6.38. The number of likely N-dealkylation sites (tertiary alicyclic amines) is 1. The maximum absolute atomic E-state index is 12.4. The average molecular weight is 349 g/mol. The molecule has 134 valence electrons. The second-order valence-corrected chi connectivity index (χ2v) is 9.47. The zero-order valence-corrected chi connectivity index (χ0v) is 16.5. The highest BCUT2D eigenvalue weighted by Gasteiger charge is 2.50. The fraction of sp³-hybridized carbons (Fsp3) is 0.750. The summed E-state index contributed by atoms with van der Waals surface area (Å²) in [6.45, 7) is 6.35. The van der Waals surface area contributed by atoms with Crippen molar-refractivity contribution >= 4 is 17.2 Å². The van der Waals surface area contributed by atoms with Gasteiger partial charge in [0.05, 0.1) is 5.54 Å². The van der Waals surface area contributed by atoms with Crippen molar-refractivity contribution in [2.24, 2.45) is 5.41 Å². The lowest BCUT2D eigenvalue weighted by Crippen LogP contribution is -2.47. The molecule has 0 atom stereocenters. The molecule has 24 heavy (non-hydrogen) atoms. The Hall–Kier alpha value is -0.870. The van der Waals surface area contributed by atoms with Gasteiger partial charge >= 0.3 is 0 Å². The summed E-state index contributed by atoms with van der Waals surface area (Å²) in [4.78, 5) is 19.9. The van der Waals surface area contributed by atoms with Crippen LogP contribution in [-0.2, 0) is 10.3 Å². The van der Waals surface area contributed by atoms with Gasteiger partial charge in [-0.25, -0.2) is 0 Å². The van der Waals surface area contributed by atoms with Crippen molar-refractivity contribution in [2.75, 3.05) is 27.2 Å². The summed E-state index contributed by atoms with van der Waals surface area (Å²) in [6, 6.07) is 4.58. The van der Waals surface area contributed by atoms with Gasteiger partial charge in [0.2, 0.25) is 5.91 Å². The topological polar surface area (TPSA) is 23.6 Å². The van der Waals surface area contributed by atoms with Crippen LogP contribution in [0.15, 0.2) is 12.1 Å². The summed E-state index contributed by atoms with van der Waals surface area (Å²) in [5, 5.41) is 0. The third kappa shape index (κ3) is 3.15. The predicted molar refractivity (Wildman–Crippen MR) is 101 cm³/mol. The number of thiophene rings is 1. The van der Waals surface area contributed by atoms with Crippen LogP contribution in [0.1, 0.15) is 61.6 Å². The number of rotatable bonds is 5. The quantitative estimate of drug-likeness (QED) is 0.787. The van der Waals surface area contributed by atoms with Gasteiger partial charge in [-0.1, -0.05) is 13.3 Å². The first kappa shape index (κ1) is 17.9. The van der Waals surface area contributed by atoms with Crippen molar-refractivity contribution in [3.05, 3.63) is 21.9 Å². The third-order valence-corrected chi connectivity index (χ3v) is 7.57. The SMILES string of the molecule is CCCCN1CC2(CCC(c3ccc(C)s3)(N(C)C)CC2)CC1=O. The zero-order valence-electron chi connectivity index (χ0n) is 15.7. The van der Waals surface area contributed by atoms with Crippen molar-refractivity contribution < 1.29 is 4.79 Å². The minimum absolute atomic E-state index is 0.171. The van der Waals surface area contributed by atoms with Gasteiger partial charge in [-0.3, -0.25) is 9.69 Å². The maximum Gasteiger partial charge on any atom is 0.223 e. The Bertz CT molecular complexity index is 584. The van der Waals surface area contributed by atoms with Crippen LogP contribution >= 0.6 is 11.3 Å². The summed E-state index contributed by atoms with van der Waals surface area (Å²) >= 11 is 1.95. The summed E-state index contributed by atoms with van der Waals surface area (Å²) in [6.07, 6.45) is 7.79. The first-order valence-electron chi connectivity index (χ1n) is 9.43. The zero-order chi connectivity index (χ0) is 17.4. The Balaban J connectivity index is 1.73. The molecule has 0 N–H and O–H groups in total. The summed E-state index contributed by atoms with van der Waals surface area (Å²) in [7, 11) is 4.45. The molecule has 0 aromatic carbocycles. The molecule has 2 heterocycles. The van der Waals surface area contributed by atoms with Crippen LogP contribution in [0.2, 0.25) is 0 Å². The molecule has 0 bridgehead atoms. The van der Waals surface area contributed by atoms with Gasteiger partial charge in [0.15, 0.2) is 0 Å². The molecule has 1 amide bonds. The van der Waals surface area contributed by atoms with Crippen molar-refractivity contribution in [3.8, 4) is 0 Å². The van der Waals surface area contributed by atoms with Gasteiger partial charge in [-0.15, -0.1) is 11.3 Å². The van der Waals surface area contributed by atoms with E-state index >= 15 is 0 Å². The largest absolute Gasteiger partial charge is 0.342 e. The first-order chi connectivity index (χ1) is 11.4. The molecule has 1 saturated heterocycles. The molecule has 1 aromatic rings. The number of amides is 1. The van der Waals surface area contributed by atoms with E-state index in [0.717, 1.165) is 32.4 Å². The van der Waals surface area contributed by atoms with Crippen LogP contribution in [-0.4, -0.2) is 42.9 Å². The first-order valence-corrected chi connectivity index (χ1v) is 10.2. The van der Waals surface area contributed by atoms with Gasteiger partial charge in [0.25, 0.3) is 0 Å². The molecule has 1 saturated carbocycles. The highest BCUT2D eigenvalue weighted by molar-refractivity contribution is 7.12. The molecule has 0 radical (unpaired) electrons. The fourth-order valence-corrected chi connectivity index (χ4v) is 5.86. The van der Waals surface area contributed by atoms with Gasteiger partial charge in [0, 0.05) is 29.3 Å². The number of carbonyl (C=O) groups is 1. The van der Waals surface area contributed by atoms with E-state index in [-0.39, 0.29) is 11.0 Å². The molecule has 3 nitrogen and oxygen atoms in total. The van der Waals surface area contributed by atoms with E-state index in [4.69, 9.17) is 0 Å². The van der Waals surface area contributed by atoms with Crippen LogP contribution in [0.5, 0.6) is 0 Å². The van der Waals surface area contributed by atoms with Crippen LogP contribution < -0.4 is 0 Å². The normalized spacial score (nSPS) is 30.7. The summed E-state index contributed by atoms with van der Waals surface area (Å²) < 4.78 is 0. The van der Waals surface area contributed by atoms with Gasteiger partial charge < -0.3 is 4.90 Å². The Labute approximate surface area is 151 Å². The second kappa shape index (κ2) is 6.80. The lowest BCUT2D eigenvalue weighted by atomic mass is 9.66. The molecule has 3 rings (SSSR count). The van der Waals surface area contributed by atoms with Gasteiger partial charge in [-0.05, 0) is 70.7 Å². The minimum Gasteiger partial charge on any atom is -0.342 e. The number of carbonyl (C=O) groups excluding carboxylic acids is 1. The molecular weight excluding hydrogens is 316 g/mol. The molecular formula is C20H32N2OS. The lowest BCUT2D eigenvalue weighted by molar-refractivity contribution is -0.127. The second-order valence-electron chi connectivity index (χ2n) is 8.18. The molecule has 1 spiro atoms. The Morgan fingerprint density at radius 3 is 2.46 bits per heavy atom. The van der Waals surface area contributed by atoms with Gasteiger partial charge in [-0.2, -0.15) is 0 Å².